The first-order valence-electron chi connectivity index (χ1n) is 9.66. The van der Waals surface area contributed by atoms with Crippen molar-refractivity contribution in [1.29, 1.82) is 0 Å². The summed E-state index contributed by atoms with van der Waals surface area (Å²) in [6.45, 7) is -0.459. The van der Waals surface area contributed by atoms with E-state index in [9.17, 15) is 24.3 Å². The molecule has 1 fully saturated rings. The first-order chi connectivity index (χ1) is 17.1. The monoisotopic (exact) mass is 640 g/mol. The number of thioether (sulfide) groups is 2. The number of β-lactam (4-membered cyclic amide) rings is 1. The predicted molar refractivity (Wildman–Crippen MR) is 145 cm³/mol. The number of hydrogen-bond acceptors (Lipinski definition) is 12. The maximum atomic E-state index is 12.9. The average Bonchev–Trinajstić information content (AvgIpc) is 3.43. The molecule has 0 saturated carbocycles. The van der Waals surface area contributed by atoms with Crippen LogP contribution in [0.2, 0.25) is 0 Å². The molecule has 1 saturated heterocycles. The van der Waals surface area contributed by atoms with Gasteiger partial charge >= 0.3 is 71.1 Å². The zero-order valence-corrected chi connectivity index (χ0v) is 21.6. The van der Waals surface area contributed by atoms with Crippen LogP contribution in [-0.4, -0.2) is 146 Å². The number of nitrogens with one attached hydrogen (secondary N) is 1. The average molecular weight is 641 g/mol. The number of hydrogen-bond donors (Lipinski definition) is 4. The molecule has 14 nitrogen and oxygen atoms in total. The number of thiazole rings is 1. The first-order valence-corrected chi connectivity index (χ1v) is 13.3. The number of halogens is 2. The summed E-state index contributed by atoms with van der Waals surface area (Å²) in [7, 11) is 0. The molecule has 0 spiro atoms. The number of amides is 2. The molecule has 2 aliphatic rings. The molecule has 4 rings (SSSR count). The summed E-state index contributed by atoms with van der Waals surface area (Å²) in [5, 5.41) is 33.3. The molecule has 2 aromatic heterocycles. The number of rotatable bonds is 9. The van der Waals surface area contributed by atoms with Gasteiger partial charge < -0.3 is 21.3 Å². The standard InChI is InChI=1S/C17H14Cl2N8O6S3.2Na.2H/c18-11(19)8(6-4-35-16(20)21-6)12(30)22-9-13(31)27-10(15(32)33)5(2-34-14(9)27)3-36-17-23-24-25-26(17)1-7(28)29;;;;/h4,9,14H,1-3H2,(H2,20,21)(H,22,30)(H,28,29)(H,32,33);;;;/t9?,14-;;;;/m1..../s1. The van der Waals surface area contributed by atoms with Crippen LogP contribution in [0, 0.1) is 0 Å². The Morgan fingerprint density at radius 3 is 2.55 bits per heavy atom. The molecule has 2 aliphatic heterocycles. The second kappa shape index (κ2) is 14.2. The van der Waals surface area contributed by atoms with Gasteiger partial charge in [0.05, 0.1) is 11.3 Å². The third-order valence-corrected chi connectivity index (χ3v) is 8.32. The Morgan fingerprint density at radius 2 is 1.97 bits per heavy atom. The Kier molecular flexibility index (Phi) is 12.4. The third-order valence-electron chi connectivity index (χ3n) is 4.89. The van der Waals surface area contributed by atoms with Crippen molar-refractivity contribution in [2.75, 3.05) is 17.2 Å². The van der Waals surface area contributed by atoms with Crippen LogP contribution in [0.25, 0.3) is 5.57 Å². The molecule has 21 heteroatoms. The minimum atomic E-state index is -1.32. The van der Waals surface area contributed by atoms with Gasteiger partial charge in [-0.2, -0.15) is 0 Å². The van der Waals surface area contributed by atoms with Crippen molar-refractivity contribution in [1.82, 2.24) is 35.4 Å². The number of nitrogens with zero attached hydrogens (tertiary/aromatic N) is 6. The molecule has 2 amide bonds. The van der Waals surface area contributed by atoms with Gasteiger partial charge in [0.1, 0.15) is 28.1 Å². The van der Waals surface area contributed by atoms with Crippen LogP contribution in [0.5, 0.6) is 0 Å². The van der Waals surface area contributed by atoms with Crippen molar-refractivity contribution < 1.29 is 29.4 Å². The van der Waals surface area contributed by atoms with E-state index in [0.717, 1.165) is 32.7 Å². The van der Waals surface area contributed by atoms with Crippen molar-refractivity contribution in [3.05, 3.63) is 26.8 Å². The van der Waals surface area contributed by atoms with E-state index in [-0.39, 0.29) is 102 Å². The summed E-state index contributed by atoms with van der Waals surface area (Å²) in [5.41, 5.74) is 5.79. The van der Waals surface area contributed by atoms with Gasteiger partial charge in [-0.1, -0.05) is 35.0 Å². The number of tetrazole rings is 1. The van der Waals surface area contributed by atoms with Gasteiger partial charge in [-0.25, -0.2) is 14.5 Å². The van der Waals surface area contributed by atoms with Crippen LogP contribution in [0.4, 0.5) is 5.13 Å². The van der Waals surface area contributed by atoms with Crippen LogP contribution in [0.15, 0.2) is 26.3 Å². The van der Waals surface area contributed by atoms with Crippen molar-refractivity contribution >= 4 is 152 Å². The van der Waals surface area contributed by atoms with E-state index < -0.39 is 41.7 Å². The molecule has 4 heterocycles. The van der Waals surface area contributed by atoms with Crippen molar-refractivity contribution in [2.45, 2.75) is 23.1 Å². The second-order valence-corrected chi connectivity index (χ2v) is 11.0. The normalized spacial score (nSPS) is 17.9. The Morgan fingerprint density at radius 1 is 1.26 bits per heavy atom. The molecule has 0 aliphatic carbocycles. The molecule has 2 aromatic rings. The third kappa shape index (κ3) is 7.06. The van der Waals surface area contributed by atoms with Crippen molar-refractivity contribution in [2.24, 2.45) is 0 Å². The Labute approximate surface area is 280 Å². The summed E-state index contributed by atoms with van der Waals surface area (Å²) in [6, 6.07) is -1.02. The molecule has 0 bridgehead atoms. The Balaban J connectivity index is 0.00000253. The number of fused-ring (bicyclic) bond motifs is 1. The van der Waals surface area contributed by atoms with E-state index in [2.05, 4.69) is 25.8 Å². The minimum absolute atomic E-state index is 0. The van der Waals surface area contributed by atoms with Gasteiger partial charge in [0, 0.05) is 16.9 Å². The van der Waals surface area contributed by atoms with Crippen LogP contribution in [0.1, 0.15) is 5.69 Å². The number of carbonyl (C=O) groups is 4. The quantitative estimate of drug-likeness (QED) is 0.114. The van der Waals surface area contributed by atoms with E-state index in [0.29, 0.717) is 5.57 Å². The van der Waals surface area contributed by atoms with Crippen LogP contribution in [0.3, 0.4) is 0 Å². The first kappa shape index (κ1) is 33.3. The summed E-state index contributed by atoms with van der Waals surface area (Å²) >= 11 is 15.1. The number of aromatic nitrogens is 5. The molecule has 194 valence electrons. The van der Waals surface area contributed by atoms with Crippen molar-refractivity contribution in [3.63, 3.8) is 0 Å². The van der Waals surface area contributed by atoms with Gasteiger partial charge in [-0.15, -0.1) is 28.2 Å². The number of carbonyl (C=O) groups excluding carboxylic acids is 2. The Bertz CT molecular complexity index is 1330. The number of aliphatic carboxylic acids is 2. The number of nitrogen functional groups attached to an aromatic ring is 1. The number of carboxylic acids is 2. The summed E-state index contributed by atoms with van der Waals surface area (Å²) < 4.78 is 0.698. The van der Waals surface area contributed by atoms with E-state index in [1.54, 1.807) is 0 Å². The number of carboxylic acid groups (broad SMARTS) is 2. The van der Waals surface area contributed by atoms with E-state index in [1.165, 1.54) is 17.1 Å². The zero-order valence-electron chi connectivity index (χ0n) is 17.6. The van der Waals surface area contributed by atoms with E-state index >= 15 is 0 Å². The number of nitrogens with two attached hydrogens (primary N) is 1. The second-order valence-electron chi connectivity index (χ2n) is 7.13. The fraction of sp³-hybridized carbons (Fsp3) is 0.294. The van der Waals surface area contributed by atoms with Gasteiger partial charge in [-0.05, 0) is 16.0 Å². The zero-order chi connectivity index (χ0) is 26.1. The van der Waals surface area contributed by atoms with Gasteiger partial charge in [0.25, 0.3) is 11.8 Å². The molecular formula is C17H16Cl2N8Na2O6S3. The fourth-order valence-electron chi connectivity index (χ4n) is 3.39. The maximum absolute atomic E-state index is 12.9. The molecule has 1 unspecified atom stereocenters. The number of anilines is 1. The van der Waals surface area contributed by atoms with Gasteiger partial charge in [-0.3, -0.25) is 19.3 Å². The van der Waals surface area contributed by atoms with E-state index in [4.69, 9.17) is 34.0 Å². The van der Waals surface area contributed by atoms with Gasteiger partial charge in [0.2, 0.25) is 5.16 Å². The summed E-state index contributed by atoms with van der Waals surface area (Å²) in [5.74, 6) is -3.51. The van der Waals surface area contributed by atoms with Gasteiger partial charge in [0.15, 0.2) is 5.13 Å². The molecule has 0 radical (unpaired) electrons. The molecule has 38 heavy (non-hydrogen) atoms. The predicted octanol–water partition coefficient (Wildman–Crippen LogP) is -0.824. The molecular weight excluding hydrogens is 625 g/mol. The van der Waals surface area contributed by atoms with Crippen LogP contribution < -0.4 is 11.1 Å². The van der Waals surface area contributed by atoms with E-state index in [1.807, 2.05) is 0 Å². The Hall–Kier alpha value is -0.860. The fourth-order valence-corrected chi connectivity index (χ4v) is 6.67. The molecule has 0 aromatic carbocycles. The molecule has 5 N–H and O–H groups in total. The van der Waals surface area contributed by atoms with Crippen molar-refractivity contribution in [3.8, 4) is 0 Å². The molecule has 2 atom stereocenters. The van der Waals surface area contributed by atoms with Crippen LogP contribution >= 0.6 is 58.1 Å². The summed E-state index contributed by atoms with van der Waals surface area (Å²) in [4.78, 5) is 53.8. The van der Waals surface area contributed by atoms with Crippen LogP contribution in [-0.2, 0) is 25.7 Å². The summed E-state index contributed by atoms with van der Waals surface area (Å²) in [6.07, 6.45) is 0. The topological polar surface area (TPSA) is 207 Å². The SMILES string of the molecule is Nc1nc(C(C(=O)NC2C(=O)N3C(C(=O)O)=C(CSc4nnnn4CC(=O)O)CS[C@H]23)=C(Cl)Cl)cs1.[NaH].[NaH].